The fourth-order valence-electron chi connectivity index (χ4n) is 1.96. The third-order valence-corrected chi connectivity index (χ3v) is 3.07. The Bertz CT molecular complexity index is 531. The molecule has 0 amide bonds. The van der Waals surface area contributed by atoms with E-state index in [1.165, 1.54) is 10.8 Å². The number of ether oxygens (including phenoxy) is 1. The van der Waals surface area contributed by atoms with Gasteiger partial charge in [-0.05, 0) is 12.1 Å². The molecule has 0 aromatic carbocycles. The topological polar surface area (TPSA) is 146 Å². The highest BCUT2D eigenvalue weighted by molar-refractivity contribution is 5.35. The molecule has 0 aliphatic carbocycles. The van der Waals surface area contributed by atoms with Gasteiger partial charge in [-0.3, -0.25) is 4.57 Å². The van der Waals surface area contributed by atoms with E-state index in [2.05, 4.69) is 10.1 Å². The Balaban J connectivity index is 2.46. The number of aliphatic hydroxyl groups is 3. The van der Waals surface area contributed by atoms with Crippen LogP contribution in [-0.2, 0) is 4.74 Å². The quantitative estimate of drug-likeness (QED) is 0.300. The van der Waals surface area contributed by atoms with E-state index >= 15 is 0 Å². The number of hydrogen-bond donors (Lipinski definition) is 5. The second kappa shape index (κ2) is 5.13. The molecule has 1 aliphatic rings. The molecule has 1 aromatic rings. The summed E-state index contributed by atoms with van der Waals surface area (Å²) in [6, 6.07) is 0. The van der Waals surface area contributed by atoms with Crippen molar-refractivity contribution in [3.63, 3.8) is 0 Å². The number of nitrogens with zero attached hydrogens (tertiary/aromatic N) is 3. The highest BCUT2D eigenvalue weighted by Gasteiger charge is 2.43. The normalized spacial score (nSPS) is 31.9. The van der Waals surface area contributed by atoms with Crippen molar-refractivity contribution in [1.29, 1.82) is 0 Å². The molecule has 9 heteroatoms. The van der Waals surface area contributed by atoms with E-state index in [0.717, 1.165) is 0 Å². The van der Waals surface area contributed by atoms with Gasteiger partial charge in [-0.2, -0.15) is 4.98 Å². The minimum Gasteiger partial charge on any atom is -0.408 e. The predicted molar refractivity (Wildman–Crippen MR) is 61.7 cm³/mol. The summed E-state index contributed by atoms with van der Waals surface area (Å²) in [6.45, 7) is 1.24. The van der Waals surface area contributed by atoms with Crippen molar-refractivity contribution < 1.29 is 25.3 Å². The molecule has 0 bridgehead atoms. The van der Waals surface area contributed by atoms with E-state index in [4.69, 9.17) is 20.8 Å². The van der Waals surface area contributed by atoms with Crippen LogP contribution < -0.4 is 11.4 Å². The lowest BCUT2D eigenvalue weighted by Crippen LogP contribution is -2.36. The minimum atomic E-state index is -1.28. The third kappa shape index (κ3) is 2.28. The average Bonchev–Trinajstić information content (AvgIpc) is 2.69. The van der Waals surface area contributed by atoms with Crippen molar-refractivity contribution in [1.82, 2.24) is 9.55 Å². The monoisotopic (exact) mass is 272 g/mol. The number of rotatable bonds is 2. The number of aryl methyl sites for hydroxylation is 1. The van der Waals surface area contributed by atoms with Gasteiger partial charge in [0.05, 0.1) is 6.61 Å². The standard InChI is InChI=1S/C10H16N4O5/c1-4-2-14(10(13-18)12-8(4)11)9-7(17)6(16)5(3-15)19-9/h2,5-7,9,15-18H,3H2,1H3,(H2,11,12,13)/t5-,6-,7-,9-/m1/s1. The summed E-state index contributed by atoms with van der Waals surface area (Å²) in [4.78, 5) is 3.83. The van der Waals surface area contributed by atoms with Crippen molar-refractivity contribution in [2.24, 2.45) is 5.16 Å². The van der Waals surface area contributed by atoms with Gasteiger partial charge in [0.15, 0.2) is 6.23 Å². The van der Waals surface area contributed by atoms with E-state index in [1.807, 2.05) is 0 Å². The number of hydrogen-bond acceptors (Lipinski definition) is 8. The molecule has 0 spiro atoms. The van der Waals surface area contributed by atoms with Crippen LogP contribution in [0.2, 0.25) is 0 Å². The summed E-state index contributed by atoms with van der Waals surface area (Å²) in [5.74, 6) is 0.177. The maximum absolute atomic E-state index is 9.90. The van der Waals surface area contributed by atoms with Crippen molar-refractivity contribution >= 4 is 5.82 Å². The molecular weight excluding hydrogens is 256 g/mol. The van der Waals surface area contributed by atoms with Crippen LogP contribution in [-0.4, -0.2) is 55.0 Å². The van der Waals surface area contributed by atoms with Gasteiger partial charge < -0.3 is 31.0 Å². The van der Waals surface area contributed by atoms with Gasteiger partial charge in [-0.1, -0.05) is 0 Å². The number of aliphatic hydroxyl groups excluding tert-OH is 3. The van der Waals surface area contributed by atoms with Gasteiger partial charge in [0.1, 0.15) is 24.1 Å². The number of aromatic nitrogens is 2. The Hall–Kier alpha value is -1.68. The molecule has 6 N–H and O–H groups in total. The Morgan fingerprint density at radius 2 is 2.16 bits per heavy atom. The lowest BCUT2D eigenvalue weighted by molar-refractivity contribution is -0.0561. The first-order chi connectivity index (χ1) is 8.99. The molecule has 1 fully saturated rings. The highest BCUT2D eigenvalue weighted by Crippen LogP contribution is 2.28. The molecule has 19 heavy (non-hydrogen) atoms. The molecule has 2 heterocycles. The Kier molecular flexibility index (Phi) is 3.71. The van der Waals surface area contributed by atoms with Crippen molar-refractivity contribution in [2.75, 3.05) is 12.3 Å². The van der Waals surface area contributed by atoms with Crippen LogP contribution >= 0.6 is 0 Å². The Morgan fingerprint density at radius 3 is 2.68 bits per heavy atom. The van der Waals surface area contributed by atoms with Gasteiger partial charge in [-0.15, -0.1) is 0 Å². The maximum atomic E-state index is 9.90. The SMILES string of the molecule is Cc1cn([C@@H]2O[C@H](CO)[C@@H](O)[C@H]2O)/c(=N/O)nc1N. The van der Waals surface area contributed by atoms with E-state index in [1.54, 1.807) is 6.92 Å². The van der Waals surface area contributed by atoms with Gasteiger partial charge in [-0.25, -0.2) is 0 Å². The minimum absolute atomic E-state index is 0.169. The Morgan fingerprint density at radius 1 is 1.47 bits per heavy atom. The Labute approximate surface area is 108 Å². The molecule has 1 saturated heterocycles. The summed E-state index contributed by atoms with van der Waals surface area (Å²) in [5, 5.41) is 40.5. The fourth-order valence-corrected chi connectivity index (χ4v) is 1.96. The largest absolute Gasteiger partial charge is 0.408 e. The molecule has 0 saturated carbocycles. The van der Waals surface area contributed by atoms with Crippen LogP contribution in [0.4, 0.5) is 5.82 Å². The zero-order valence-corrected chi connectivity index (χ0v) is 10.2. The summed E-state index contributed by atoms with van der Waals surface area (Å²) in [7, 11) is 0. The zero-order valence-electron chi connectivity index (χ0n) is 10.2. The van der Waals surface area contributed by atoms with Gasteiger partial charge >= 0.3 is 0 Å². The van der Waals surface area contributed by atoms with Crippen molar-refractivity contribution in [3.8, 4) is 0 Å². The predicted octanol–water partition coefficient (Wildman–Crippen LogP) is -2.32. The van der Waals surface area contributed by atoms with E-state index in [-0.39, 0.29) is 11.4 Å². The van der Waals surface area contributed by atoms with E-state index in [9.17, 15) is 10.2 Å². The van der Waals surface area contributed by atoms with E-state index in [0.29, 0.717) is 5.56 Å². The first kappa shape index (κ1) is 13.7. The van der Waals surface area contributed by atoms with Gasteiger partial charge in [0.2, 0.25) is 0 Å². The molecule has 9 nitrogen and oxygen atoms in total. The second-order valence-corrected chi connectivity index (χ2v) is 4.35. The molecule has 0 radical (unpaired) electrons. The van der Waals surface area contributed by atoms with Gasteiger partial charge in [0.25, 0.3) is 5.62 Å². The zero-order chi connectivity index (χ0) is 14.2. The fraction of sp³-hybridized carbons (Fsp3) is 0.600. The smallest absolute Gasteiger partial charge is 0.270 e. The average molecular weight is 272 g/mol. The lowest BCUT2D eigenvalue weighted by Gasteiger charge is -2.19. The van der Waals surface area contributed by atoms with Crippen LogP contribution in [0.15, 0.2) is 11.4 Å². The molecule has 1 aromatic heterocycles. The molecule has 1 aliphatic heterocycles. The number of nitrogens with two attached hydrogens (primary N) is 1. The molecule has 4 atom stereocenters. The van der Waals surface area contributed by atoms with Crippen LogP contribution in [0.1, 0.15) is 11.8 Å². The number of anilines is 1. The maximum Gasteiger partial charge on any atom is 0.270 e. The summed E-state index contributed by atoms with van der Waals surface area (Å²) >= 11 is 0. The first-order valence-corrected chi connectivity index (χ1v) is 5.65. The van der Waals surface area contributed by atoms with Crippen LogP contribution in [0.5, 0.6) is 0 Å². The lowest BCUT2D eigenvalue weighted by atomic mass is 10.1. The first-order valence-electron chi connectivity index (χ1n) is 5.65. The highest BCUT2D eigenvalue weighted by atomic mass is 16.6. The van der Waals surface area contributed by atoms with Crippen LogP contribution in [0.3, 0.4) is 0 Å². The molecular formula is C10H16N4O5. The molecule has 0 unspecified atom stereocenters. The van der Waals surface area contributed by atoms with Crippen LogP contribution in [0, 0.1) is 6.92 Å². The van der Waals surface area contributed by atoms with Crippen molar-refractivity contribution in [3.05, 3.63) is 17.4 Å². The summed E-state index contributed by atoms with van der Waals surface area (Å²) < 4.78 is 6.56. The van der Waals surface area contributed by atoms with Gasteiger partial charge in [0, 0.05) is 11.8 Å². The second-order valence-electron chi connectivity index (χ2n) is 4.35. The number of nitrogen functional groups attached to an aromatic ring is 1. The third-order valence-electron chi connectivity index (χ3n) is 3.07. The summed E-state index contributed by atoms with van der Waals surface area (Å²) in [5.41, 5.74) is 6.01. The molecule has 106 valence electrons. The summed E-state index contributed by atoms with van der Waals surface area (Å²) in [6.07, 6.45) is -2.99. The molecule has 2 rings (SSSR count). The van der Waals surface area contributed by atoms with Crippen molar-refractivity contribution in [2.45, 2.75) is 31.5 Å². The van der Waals surface area contributed by atoms with E-state index < -0.39 is 31.1 Å². The van der Waals surface area contributed by atoms with Crippen LogP contribution in [0.25, 0.3) is 0 Å².